The van der Waals surface area contributed by atoms with Gasteiger partial charge in [-0.3, -0.25) is 10.1 Å². The highest BCUT2D eigenvalue weighted by molar-refractivity contribution is 5.40. The number of ether oxygens (including phenoxy) is 2. The van der Waals surface area contributed by atoms with Crippen molar-refractivity contribution in [3.63, 3.8) is 0 Å². The molecule has 1 aromatic carbocycles. The molecule has 1 heterocycles. The lowest BCUT2D eigenvalue weighted by Gasteiger charge is -2.07. The fraction of sp³-hybridized carbons (Fsp3) is 0.400. The molecule has 0 aliphatic carbocycles. The lowest BCUT2D eigenvalue weighted by Crippen LogP contribution is -2.13. The largest absolute Gasteiger partial charge is 0.353 e. The molecule has 0 N–H and O–H groups in total. The molecular weight excluding hydrogens is 198 g/mol. The summed E-state index contributed by atoms with van der Waals surface area (Å²) in [5.74, 6) is 0. The molecule has 2 rings (SSSR count). The van der Waals surface area contributed by atoms with E-state index in [2.05, 4.69) is 0 Å². The van der Waals surface area contributed by atoms with Gasteiger partial charge in [-0.05, 0) is 0 Å². The van der Waals surface area contributed by atoms with Crippen molar-refractivity contribution in [2.45, 2.75) is 12.5 Å². The van der Waals surface area contributed by atoms with E-state index < -0.39 is 0 Å². The molecule has 1 fully saturated rings. The van der Waals surface area contributed by atoms with Crippen LogP contribution in [0.25, 0.3) is 0 Å². The summed E-state index contributed by atoms with van der Waals surface area (Å²) in [5, 5.41) is 10.7. The van der Waals surface area contributed by atoms with Crippen LogP contribution in [0.15, 0.2) is 24.3 Å². The van der Waals surface area contributed by atoms with Crippen LogP contribution < -0.4 is 0 Å². The predicted molar refractivity (Wildman–Crippen MR) is 52.5 cm³/mol. The molecule has 1 aromatic rings. The molecule has 1 unspecified atom stereocenters. The molecule has 1 atom stereocenters. The van der Waals surface area contributed by atoms with E-state index in [1.165, 1.54) is 6.07 Å². The lowest BCUT2D eigenvalue weighted by molar-refractivity contribution is -0.385. The molecule has 0 spiro atoms. The lowest BCUT2D eigenvalue weighted by atomic mass is 10.1. The third-order valence-corrected chi connectivity index (χ3v) is 2.33. The first kappa shape index (κ1) is 10.1. The topological polar surface area (TPSA) is 61.6 Å². The Kier molecular flexibility index (Phi) is 2.94. The van der Waals surface area contributed by atoms with Crippen LogP contribution >= 0.6 is 0 Å². The Morgan fingerprint density at radius 1 is 1.47 bits per heavy atom. The van der Waals surface area contributed by atoms with Gasteiger partial charge in [0.15, 0.2) is 0 Å². The van der Waals surface area contributed by atoms with Gasteiger partial charge in [0.05, 0.1) is 17.6 Å². The number of rotatable bonds is 3. The number of para-hydroxylation sites is 1. The zero-order valence-electron chi connectivity index (χ0n) is 8.09. The summed E-state index contributed by atoms with van der Waals surface area (Å²) in [6, 6.07) is 6.71. The molecule has 0 amide bonds. The number of benzene rings is 1. The molecule has 1 saturated heterocycles. The summed E-state index contributed by atoms with van der Waals surface area (Å²) < 4.78 is 10.3. The average molecular weight is 209 g/mol. The highest BCUT2D eigenvalue weighted by Crippen LogP contribution is 2.21. The molecule has 0 saturated carbocycles. The minimum absolute atomic E-state index is 0.0638. The van der Waals surface area contributed by atoms with Gasteiger partial charge in [0, 0.05) is 18.1 Å². The minimum atomic E-state index is -0.370. The Morgan fingerprint density at radius 3 is 2.93 bits per heavy atom. The van der Waals surface area contributed by atoms with Crippen molar-refractivity contribution in [3.8, 4) is 0 Å². The van der Waals surface area contributed by atoms with Crippen molar-refractivity contribution in [1.29, 1.82) is 0 Å². The van der Waals surface area contributed by atoms with Gasteiger partial charge in [-0.15, -0.1) is 0 Å². The number of nitrogens with zero attached hydrogens (tertiary/aromatic N) is 1. The second-order valence-corrected chi connectivity index (χ2v) is 3.37. The number of nitro benzene ring substituents is 1. The van der Waals surface area contributed by atoms with Crippen molar-refractivity contribution in [2.75, 3.05) is 13.4 Å². The third-order valence-electron chi connectivity index (χ3n) is 2.33. The summed E-state index contributed by atoms with van der Waals surface area (Å²) in [6.07, 6.45) is 0.461. The van der Waals surface area contributed by atoms with Crippen molar-refractivity contribution < 1.29 is 14.4 Å². The summed E-state index contributed by atoms with van der Waals surface area (Å²) in [7, 11) is 0. The molecule has 5 nitrogen and oxygen atoms in total. The van der Waals surface area contributed by atoms with Crippen molar-refractivity contribution >= 4 is 5.69 Å². The van der Waals surface area contributed by atoms with Crippen molar-refractivity contribution in [1.82, 2.24) is 0 Å². The summed E-state index contributed by atoms with van der Waals surface area (Å²) in [6.45, 7) is 0.789. The van der Waals surface area contributed by atoms with Gasteiger partial charge >= 0.3 is 0 Å². The molecule has 0 bridgehead atoms. The van der Waals surface area contributed by atoms with Crippen LogP contribution in [-0.4, -0.2) is 24.4 Å². The van der Waals surface area contributed by atoms with Crippen LogP contribution in [0.2, 0.25) is 0 Å². The van der Waals surface area contributed by atoms with Gasteiger partial charge in [-0.25, -0.2) is 0 Å². The monoisotopic (exact) mass is 209 g/mol. The maximum Gasteiger partial charge on any atom is 0.272 e. The Bertz CT molecular complexity index is 360. The van der Waals surface area contributed by atoms with Crippen LogP contribution in [0.3, 0.4) is 0 Å². The van der Waals surface area contributed by atoms with Gasteiger partial charge in [0.25, 0.3) is 5.69 Å². The van der Waals surface area contributed by atoms with E-state index >= 15 is 0 Å². The standard InChI is InChI=1S/C10H11NO4/c12-11(13)10-4-2-1-3-8(10)5-9-6-14-7-15-9/h1-4,9H,5-7H2. The smallest absolute Gasteiger partial charge is 0.272 e. The fourth-order valence-electron chi connectivity index (χ4n) is 1.60. The maximum absolute atomic E-state index is 10.7. The average Bonchev–Trinajstić information content (AvgIpc) is 2.71. The van der Waals surface area contributed by atoms with E-state index in [9.17, 15) is 10.1 Å². The van der Waals surface area contributed by atoms with E-state index in [0.29, 0.717) is 18.6 Å². The van der Waals surface area contributed by atoms with Crippen LogP contribution in [0, 0.1) is 10.1 Å². The molecule has 5 heteroatoms. The molecular formula is C10H11NO4. The van der Waals surface area contributed by atoms with Crippen LogP contribution in [0.1, 0.15) is 5.56 Å². The summed E-state index contributed by atoms with van der Waals surface area (Å²) in [5.41, 5.74) is 0.839. The highest BCUT2D eigenvalue weighted by Gasteiger charge is 2.21. The minimum Gasteiger partial charge on any atom is -0.353 e. The summed E-state index contributed by atoms with van der Waals surface area (Å²) >= 11 is 0. The van der Waals surface area contributed by atoms with Gasteiger partial charge in [0.2, 0.25) is 0 Å². The molecule has 1 aliphatic heterocycles. The summed E-state index contributed by atoms with van der Waals surface area (Å²) in [4.78, 5) is 10.4. The molecule has 80 valence electrons. The number of nitro groups is 1. The van der Waals surface area contributed by atoms with E-state index in [-0.39, 0.29) is 23.5 Å². The van der Waals surface area contributed by atoms with Crippen molar-refractivity contribution in [2.24, 2.45) is 0 Å². The second-order valence-electron chi connectivity index (χ2n) is 3.37. The van der Waals surface area contributed by atoms with E-state index in [0.717, 1.165) is 0 Å². The van der Waals surface area contributed by atoms with Crippen LogP contribution in [0.5, 0.6) is 0 Å². The first-order chi connectivity index (χ1) is 7.27. The van der Waals surface area contributed by atoms with Crippen molar-refractivity contribution in [3.05, 3.63) is 39.9 Å². The zero-order valence-corrected chi connectivity index (χ0v) is 8.09. The Balaban J connectivity index is 2.15. The molecule has 15 heavy (non-hydrogen) atoms. The second kappa shape index (κ2) is 4.37. The van der Waals surface area contributed by atoms with Gasteiger partial charge in [-0.1, -0.05) is 18.2 Å². The van der Waals surface area contributed by atoms with E-state index in [1.807, 2.05) is 0 Å². The van der Waals surface area contributed by atoms with Crippen LogP contribution in [0.4, 0.5) is 5.69 Å². The van der Waals surface area contributed by atoms with Gasteiger partial charge < -0.3 is 9.47 Å². The van der Waals surface area contributed by atoms with Gasteiger partial charge in [-0.2, -0.15) is 0 Å². The quantitative estimate of drug-likeness (QED) is 0.559. The normalized spacial score (nSPS) is 20.4. The third kappa shape index (κ3) is 2.31. The van der Waals surface area contributed by atoms with Gasteiger partial charge in [0.1, 0.15) is 6.79 Å². The fourth-order valence-corrected chi connectivity index (χ4v) is 1.60. The Hall–Kier alpha value is -1.46. The molecule has 0 aromatic heterocycles. The molecule has 0 radical (unpaired) electrons. The number of hydrogen-bond donors (Lipinski definition) is 0. The maximum atomic E-state index is 10.7. The SMILES string of the molecule is O=[N+]([O-])c1ccccc1CC1COCO1. The van der Waals surface area contributed by atoms with Crippen LogP contribution in [-0.2, 0) is 15.9 Å². The first-order valence-corrected chi connectivity index (χ1v) is 4.69. The highest BCUT2D eigenvalue weighted by atomic mass is 16.7. The number of hydrogen-bond acceptors (Lipinski definition) is 4. The zero-order chi connectivity index (χ0) is 10.7. The van der Waals surface area contributed by atoms with E-state index in [4.69, 9.17) is 9.47 Å². The Morgan fingerprint density at radius 2 is 2.27 bits per heavy atom. The first-order valence-electron chi connectivity index (χ1n) is 4.69. The predicted octanol–water partition coefficient (Wildman–Crippen LogP) is 1.51. The Labute approximate surface area is 86.8 Å². The molecule has 1 aliphatic rings. The van der Waals surface area contributed by atoms with E-state index in [1.54, 1.807) is 18.2 Å².